The second kappa shape index (κ2) is 14.4. The molecule has 0 N–H and O–H groups in total. The number of rotatable bonds is 12. The van der Waals surface area contributed by atoms with Gasteiger partial charge in [-0.05, 0) is 54.1 Å². The van der Waals surface area contributed by atoms with Crippen molar-refractivity contribution in [3.8, 4) is 17.2 Å². The lowest BCUT2D eigenvalue weighted by atomic mass is 10.1. The molecule has 0 aliphatic heterocycles. The molecule has 3 aromatic carbocycles. The molecule has 0 bridgehead atoms. The van der Waals surface area contributed by atoms with Crippen molar-refractivity contribution in [3.05, 3.63) is 112 Å². The fourth-order valence-electron chi connectivity index (χ4n) is 4.30. The Morgan fingerprint density at radius 3 is 2.16 bits per heavy atom. The highest BCUT2D eigenvalue weighted by atomic mass is 35.5. The molecule has 1 heterocycles. The number of nitrogens with zero attached hydrogens (tertiary/aromatic N) is 2. The predicted molar refractivity (Wildman–Crippen MR) is 164 cm³/mol. The molecule has 44 heavy (non-hydrogen) atoms. The minimum absolute atomic E-state index is 0.0569. The number of esters is 1. The Morgan fingerprint density at radius 1 is 0.886 bits per heavy atom. The van der Waals surface area contributed by atoms with E-state index >= 15 is 0 Å². The van der Waals surface area contributed by atoms with E-state index in [0.717, 1.165) is 7.11 Å². The van der Waals surface area contributed by atoms with Gasteiger partial charge in [-0.2, -0.15) is 0 Å². The summed E-state index contributed by atoms with van der Waals surface area (Å²) >= 11 is 12.5. The number of benzene rings is 3. The van der Waals surface area contributed by atoms with Crippen molar-refractivity contribution >= 4 is 45.1 Å². The van der Waals surface area contributed by atoms with Crippen LogP contribution in [0, 0.1) is 0 Å². The van der Waals surface area contributed by atoms with Crippen molar-refractivity contribution in [1.82, 2.24) is 9.29 Å². The molecule has 13 heteroatoms. The van der Waals surface area contributed by atoms with Gasteiger partial charge in [-0.3, -0.25) is 9.78 Å². The van der Waals surface area contributed by atoms with Gasteiger partial charge >= 0.3 is 5.97 Å². The lowest BCUT2D eigenvalue weighted by Gasteiger charge is -2.30. The summed E-state index contributed by atoms with van der Waals surface area (Å²) in [6.07, 6.45) is 2.42. The molecular formula is C31H28Cl2N2O8S. The van der Waals surface area contributed by atoms with Gasteiger partial charge in [0.2, 0.25) is 0 Å². The number of hydrogen-bond donors (Lipinski definition) is 0. The van der Waals surface area contributed by atoms with Crippen LogP contribution in [0.1, 0.15) is 21.5 Å². The number of amides is 1. The molecule has 1 amide bonds. The first-order chi connectivity index (χ1) is 21.1. The zero-order chi connectivity index (χ0) is 31.9. The number of ether oxygens (including phenoxy) is 4. The van der Waals surface area contributed by atoms with Crippen molar-refractivity contribution < 1.29 is 37.0 Å². The van der Waals surface area contributed by atoms with Crippen LogP contribution in [0.3, 0.4) is 0 Å². The Morgan fingerprint density at radius 2 is 1.57 bits per heavy atom. The summed E-state index contributed by atoms with van der Waals surface area (Å²) in [7, 11) is -0.992. The van der Waals surface area contributed by atoms with E-state index in [9.17, 15) is 18.0 Å². The van der Waals surface area contributed by atoms with E-state index in [2.05, 4.69) is 4.98 Å². The maximum atomic E-state index is 14.3. The first-order valence-corrected chi connectivity index (χ1v) is 15.2. The standard InChI is InChI=1S/C31H28Cl2N2O8S/c1-40-23-13-14-28(41-2)29(17-23)44(38,39)35(30(36)21-6-5-15-34-18-21)27(31(37)42-3)16-20-9-11-22(12-10-20)43-19-24-25(32)7-4-8-26(24)33/h4-15,17-18,27H,16,19H2,1-3H3/t27-/m0/s1. The fourth-order valence-corrected chi connectivity index (χ4v) is 6.50. The molecule has 0 spiro atoms. The van der Waals surface area contributed by atoms with E-state index in [1.54, 1.807) is 42.5 Å². The number of sulfonamides is 1. The van der Waals surface area contributed by atoms with Crippen LogP contribution < -0.4 is 14.2 Å². The van der Waals surface area contributed by atoms with Crippen molar-refractivity contribution in [3.63, 3.8) is 0 Å². The van der Waals surface area contributed by atoms with E-state index < -0.39 is 27.9 Å². The van der Waals surface area contributed by atoms with Gasteiger partial charge in [-0.25, -0.2) is 17.5 Å². The number of carbonyl (C=O) groups is 2. The molecule has 1 atom stereocenters. The largest absolute Gasteiger partial charge is 0.497 e. The summed E-state index contributed by atoms with van der Waals surface area (Å²) in [6.45, 7) is 0.108. The van der Waals surface area contributed by atoms with Crippen LogP contribution in [-0.2, 0) is 32.6 Å². The Hall–Kier alpha value is -4.32. The van der Waals surface area contributed by atoms with Crippen LogP contribution in [0.4, 0.5) is 0 Å². The fraction of sp³-hybridized carbons (Fsp3) is 0.194. The average Bonchev–Trinajstić information content (AvgIpc) is 3.04. The molecule has 230 valence electrons. The van der Waals surface area contributed by atoms with Crippen LogP contribution in [0.15, 0.2) is 90.1 Å². The number of methoxy groups -OCH3 is 3. The number of hydrogen-bond acceptors (Lipinski definition) is 9. The second-order valence-corrected chi connectivity index (χ2v) is 11.8. The lowest BCUT2D eigenvalue weighted by molar-refractivity contribution is -0.144. The Bertz CT molecular complexity index is 1720. The van der Waals surface area contributed by atoms with Crippen molar-refractivity contribution in [2.75, 3.05) is 21.3 Å². The molecular weight excluding hydrogens is 631 g/mol. The van der Waals surface area contributed by atoms with Gasteiger partial charge in [-0.15, -0.1) is 0 Å². The molecule has 1 aromatic heterocycles. The minimum atomic E-state index is -4.75. The van der Waals surface area contributed by atoms with Crippen LogP contribution in [0.5, 0.6) is 17.2 Å². The molecule has 10 nitrogen and oxygen atoms in total. The molecule has 4 aromatic rings. The van der Waals surface area contributed by atoms with Crippen LogP contribution in [0.2, 0.25) is 10.0 Å². The average molecular weight is 660 g/mol. The number of aromatic nitrogens is 1. The quantitative estimate of drug-likeness (QED) is 0.179. The molecule has 0 aliphatic rings. The molecule has 0 radical (unpaired) electrons. The molecule has 0 aliphatic carbocycles. The second-order valence-electron chi connectivity index (χ2n) is 9.24. The van der Waals surface area contributed by atoms with Gasteiger partial charge in [0.05, 0.1) is 26.9 Å². The van der Waals surface area contributed by atoms with Gasteiger partial charge < -0.3 is 18.9 Å². The molecule has 0 unspecified atom stereocenters. The zero-order valence-corrected chi connectivity index (χ0v) is 26.2. The Balaban J connectivity index is 1.72. The summed E-state index contributed by atoms with van der Waals surface area (Å²) in [5.41, 5.74) is 1.07. The van der Waals surface area contributed by atoms with Crippen LogP contribution in [-0.4, -0.2) is 57.0 Å². The van der Waals surface area contributed by atoms with Crippen LogP contribution in [0.25, 0.3) is 0 Å². The normalized spacial score (nSPS) is 11.8. The molecule has 0 saturated carbocycles. The van der Waals surface area contributed by atoms with E-state index in [-0.39, 0.29) is 35.0 Å². The van der Waals surface area contributed by atoms with Gasteiger partial charge in [0.1, 0.15) is 34.8 Å². The van der Waals surface area contributed by atoms with E-state index in [0.29, 0.717) is 31.2 Å². The number of halogens is 2. The maximum absolute atomic E-state index is 14.3. The monoisotopic (exact) mass is 658 g/mol. The van der Waals surface area contributed by atoms with E-state index in [4.69, 9.17) is 42.1 Å². The Labute approximate surface area is 265 Å². The Kier molecular flexibility index (Phi) is 10.7. The highest BCUT2D eigenvalue weighted by Crippen LogP contribution is 2.33. The van der Waals surface area contributed by atoms with Gasteiger partial charge in [0.25, 0.3) is 15.9 Å². The van der Waals surface area contributed by atoms with E-state index in [1.807, 2.05) is 0 Å². The third kappa shape index (κ3) is 7.24. The van der Waals surface area contributed by atoms with Gasteiger partial charge in [0.15, 0.2) is 0 Å². The summed E-state index contributed by atoms with van der Waals surface area (Å²) in [5.74, 6) is -1.34. The predicted octanol–water partition coefficient (Wildman–Crippen LogP) is 5.60. The van der Waals surface area contributed by atoms with Gasteiger partial charge in [-0.1, -0.05) is 41.4 Å². The SMILES string of the molecule is COC(=O)[C@H](Cc1ccc(OCc2c(Cl)cccc2Cl)cc1)N(C(=O)c1cccnc1)S(=O)(=O)c1cc(OC)ccc1OC. The third-order valence-corrected chi connectivity index (χ3v) is 9.09. The summed E-state index contributed by atoms with van der Waals surface area (Å²) in [5, 5.41) is 0.921. The number of pyridine rings is 1. The van der Waals surface area contributed by atoms with E-state index in [1.165, 1.54) is 56.9 Å². The van der Waals surface area contributed by atoms with Crippen LogP contribution >= 0.6 is 23.2 Å². The maximum Gasteiger partial charge on any atom is 0.330 e. The van der Waals surface area contributed by atoms with Crippen molar-refractivity contribution in [1.29, 1.82) is 0 Å². The molecule has 0 fully saturated rings. The first-order valence-electron chi connectivity index (χ1n) is 13.0. The third-order valence-electron chi connectivity index (χ3n) is 6.57. The molecule has 4 rings (SSSR count). The first kappa shape index (κ1) is 32.6. The van der Waals surface area contributed by atoms with Crippen molar-refractivity contribution in [2.45, 2.75) is 24.0 Å². The zero-order valence-electron chi connectivity index (χ0n) is 23.9. The highest BCUT2D eigenvalue weighted by Gasteiger charge is 2.42. The lowest BCUT2D eigenvalue weighted by Crippen LogP contribution is -2.50. The minimum Gasteiger partial charge on any atom is -0.497 e. The topological polar surface area (TPSA) is 121 Å². The van der Waals surface area contributed by atoms with Gasteiger partial charge in [0, 0.05) is 40.5 Å². The smallest absolute Gasteiger partial charge is 0.330 e. The summed E-state index contributed by atoms with van der Waals surface area (Å²) < 4.78 is 50.4. The van der Waals surface area contributed by atoms with Crippen molar-refractivity contribution in [2.24, 2.45) is 0 Å². The summed E-state index contributed by atoms with van der Waals surface area (Å²) in [6, 6.07) is 17.1. The highest BCUT2D eigenvalue weighted by molar-refractivity contribution is 7.89. The number of carbonyl (C=O) groups excluding carboxylic acids is 2. The summed E-state index contributed by atoms with van der Waals surface area (Å²) in [4.78, 5) is 30.7. The molecule has 0 saturated heterocycles.